The average Bonchev–Trinajstić information content (AvgIpc) is 3.82. The number of anilines is 2. The lowest BCUT2D eigenvalue weighted by atomic mass is 9.82. The number of benzene rings is 3. The molecule has 4 heterocycles. The Hall–Kier alpha value is -3.91. The van der Waals surface area contributed by atoms with E-state index in [0.717, 1.165) is 10.0 Å². The van der Waals surface area contributed by atoms with Crippen LogP contribution in [0.4, 0.5) is 15.5 Å². The molecule has 17 heteroatoms. The summed E-state index contributed by atoms with van der Waals surface area (Å²) in [7, 11) is -3.46. The number of aliphatic hydroxyl groups is 5. The molecule has 6 N–H and O–H groups in total. The van der Waals surface area contributed by atoms with E-state index in [4.69, 9.17) is 9.47 Å². The molecule has 3 aromatic carbocycles. The standard InChI is InChI=1S/C39H45BrFN5O9Si/c1-21-35(56(2,3)41)30(14-15-45-19-28(43-44-45)26(20-47)23-9-5-4-6-10-23)55-39(21)27-17-24(40)12-13-29(27)46(38(39)53)18-22-8-7-11-25(16-22)42-36(51)34-32(49)31(48)33(50)37(52)54-34/h4-13,16-17,19,21,26,30-35,37,47-50,52H,14-15,18,20H2,1-3H3,(H,42,51)/t21-,26?,30+,31+,32+,33-,34+,35-,37-,39+/m1/s1. The third kappa shape index (κ3) is 7.36. The summed E-state index contributed by atoms with van der Waals surface area (Å²) < 4.78 is 30.8. The van der Waals surface area contributed by atoms with Crippen LogP contribution in [0.15, 0.2) is 83.5 Å². The maximum Gasteiger partial charge on any atom is 0.264 e. The molecular weight excluding hydrogens is 809 g/mol. The van der Waals surface area contributed by atoms with Crippen LogP contribution in [0.1, 0.15) is 41.6 Å². The Morgan fingerprint density at radius 2 is 1.79 bits per heavy atom. The first-order valence-corrected chi connectivity index (χ1v) is 22.2. The monoisotopic (exact) mass is 853 g/mol. The number of aliphatic hydroxyl groups excluding tert-OH is 5. The van der Waals surface area contributed by atoms with Crippen molar-refractivity contribution in [2.75, 3.05) is 16.8 Å². The number of nitrogens with zero attached hydrogens (tertiary/aromatic N) is 4. The highest BCUT2D eigenvalue weighted by Gasteiger charge is 2.66. The second kappa shape index (κ2) is 15.8. The van der Waals surface area contributed by atoms with Gasteiger partial charge in [0.15, 0.2) is 18.0 Å². The number of amides is 2. The lowest BCUT2D eigenvalue weighted by molar-refractivity contribution is -0.274. The van der Waals surface area contributed by atoms with E-state index in [2.05, 4.69) is 31.6 Å². The first-order valence-electron chi connectivity index (χ1n) is 18.5. The van der Waals surface area contributed by atoms with Crippen molar-refractivity contribution >= 4 is 47.5 Å². The van der Waals surface area contributed by atoms with Crippen LogP contribution in [0.25, 0.3) is 0 Å². The van der Waals surface area contributed by atoms with Crippen LogP contribution in [0.5, 0.6) is 0 Å². The van der Waals surface area contributed by atoms with Crippen LogP contribution in [-0.2, 0) is 37.8 Å². The maximum absolute atomic E-state index is 16.5. The molecule has 2 fully saturated rings. The van der Waals surface area contributed by atoms with Crippen molar-refractivity contribution in [1.29, 1.82) is 0 Å². The summed E-state index contributed by atoms with van der Waals surface area (Å²) in [4.78, 5) is 29.5. The van der Waals surface area contributed by atoms with Gasteiger partial charge in [-0.25, -0.2) is 0 Å². The quantitative estimate of drug-likeness (QED) is 0.0956. The van der Waals surface area contributed by atoms with Gasteiger partial charge < -0.3 is 49.3 Å². The molecule has 1 aromatic heterocycles. The number of carbonyl (C=O) groups is 2. The molecule has 0 bridgehead atoms. The molecule has 2 amide bonds. The van der Waals surface area contributed by atoms with E-state index in [0.29, 0.717) is 35.5 Å². The predicted octanol–water partition coefficient (Wildman–Crippen LogP) is 3.32. The van der Waals surface area contributed by atoms with Crippen molar-refractivity contribution < 1.29 is 48.7 Å². The maximum atomic E-state index is 16.5. The molecule has 7 rings (SSSR count). The zero-order chi connectivity index (χ0) is 40.1. The summed E-state index contributed by atoms with van der Waals surface area (Å²) in [6.07, 6.45) is -7.42. The van der Waals surface area contributed by atoms with E-state index in [9.17, 15) is 35.1 Å². The number of aromatic nitrogens is 3. The number of aryl methyl sites for hydroxylation is 1. The zero-order valence-electron chi connectivity index (χ0n) is 30.9. The lowest BCUT2D eigenvalue weighted by Gasteiger charge is -2.37. The highest BCUT2D eigenvalue weighted by Crippen LogP contribution is 2.60. The molecule has 298 valence electrons. The number of halogens is 2. The summed E-state index contributed by atoms with van der Waals surface area (Å²) in [5.41, 5.74) is 1.62. The topological polar surface area (TPSA) is 200 Å². The normalized spacial score (nSPS) is 29.5. The third-order valence-corrected chi connectivity index (χ3v) is 14.2. The number of carbonyl (C=O) groups excluding carboxylic acids is 2. The fraction of sp³-hybridized carbons (Fsp3) is 0.436. The number of hydrogen-bond acceptors (Lipinski definition) is 11. The first-order chi connectivity index (χ1) is 26.6. The van der Waals surface area contributed by atoms with Crippen LogP contribution in [0, 0.1) is 5.92 Å². The zero-order valence-corrected chi connectivity index (χ0v) is 33.5. The summed E-state index contributed by atoms with van der Waals surface area (Å²) in [6, 6.07) is 21.7. The predicted molar refractivity (Wildman–Crippen MR) is 207 cm³/mol. The van der Waals surface area contributed by atoms with Crippen LogP contribution in [0.2, 0.25) is 18.6 Å². The van der Waals surface area contributed by atoms with Crippen molar-refractivity contribution in [1.82, 2.24) is 15.0 Å². The van der Waals surface area contributed by atoms with E-state index in [1.807, 2.05) is 55.5 Å². The van der Waals surface area contributed by atoms with Crippen molar-refractivity contribution in [3.8, 4) is 0 Å². The van der Waals surface area contributed by atoms with Crippen LogP contribution < -0.4 is 10.2 Å². The number of hydrogen-bond donors (Lipinski definition) is 6. The van der Waals surface area contributed by atoms with Gasteiger partial charge in [0.25, 0.3) is 11.8 Å². The highest BCUT2D eigenvalue weighted by molar-refractivity contribution is 9.10. The van der Waals surface area contributed by atoms with Crippen LogP contribution >= 0.6 is 15.9 Å². The number of fused-ring (bicyclic) bond motifs is 2. The Bertz CT molecular complexity index is 2070. The van der Waals surface area contributed by atoms with Crippen LogP contribution in [0.3, 0.4) is 0 Å². The van der Waals surface area contributed by atoms with Gasteiger partial charge in [-0.1, -0.05) is 70.5 Å². The van der Waals surface area contributed by atoms with E-state index >= 15 is 4.11 Å². The minimum atomic E-state index is -3.46. The molecule has 14 nitrogen and oxygen atoms in total. The summed E-state index contributed by atoms with van der Waals surface area (Å²) >= 11 is 3.57. The Kier molecular flexibility index (Phi) is 11.4. The van der Waals surface area contributed by atoms with Crippen molar-refractivity contribution in [2.45, 2.75) is 93.4 Å². The number of rotatable bonds is 11. The molecule has 3 aliphatic rings. The Balaban J connectivity index is 1.12. The van der Waals surface area contributed by atoms with E-state index in [-0.39, 0.29) is 30.7 Å². The SMILES string of the molecule is C[C@@H]1[C@@H]([Si](C)(C)F)[C@H](CCn2cc(C(CO)c3ccccc3)nn2)O[C@@]12C(=O)N(Cc1cccc(NC(=O)[C@H]3O[C@@H](O)[C@H](O)[C@@H](O)[C@@H]3O)c1)c1ccc(Br)cc12. The number of ether oxygens (including phenoxy) is 2. The average molecular weight is 855 g/mol. The van der Waals surface area contributed by atoms with Gasteiger partial charge in [-0.3, -0.25) is 14.3 Å². The second-order valence-electron chi connectivity index (χ2n) is 15.3. The lowest BCUT2D eigenvalue weighted by Crippen LogP contribution is -2.60. The fourth-order valence-corrected chi connectivity index (χ4v) is 11.5. The first kappa shape index (κ1) is 40.3. The molecule has 0 radical (unpaired) electrons. The molecule has 4 aromatic rings. The minimum absolute atomic E-state index is 0.0716. The molecule has 1 unspecified atom stereocenters. The van der Waals surface area contributed by atoms with Gasteiger partial charge in [-0.2, -0.15) is 0 Å². The minimum Gasteiger partial charge on any atom is -0.395 e. The fourth-order valence-electron chi connectivity index (χ4n) is 8.56. The molecule has 56 heavy (non-hydrogen) atoms. The van der Waals surface area contributed by atoms with Crippen molar-refractivity contribution in [2.24, 2.45) is 5.92 Å². The molecule has 10 atom stereocenters. The largest absolute Gasteiger partial charge is 0.395 e. The van der Waals surface area contributed by atoms with Gasteiger partial charge in [0.05, 0.1) is 36.6 Å². The molecular formula is C39H45BrFN5O9Si. The van der Waals surface area contributed by atoms with Gasteiger partial charge in [0, 0.05) is 39.9 Å². The summed E-state index contributed by atoms with van der Waals surface area (Å²) in [6.45, 7) is 5.44. The molecule has 1 spiro atoms. The van der Waals surface area contributed by atoms with Gasteiger partial charge in [-0.15, -0.1) is 5.10 Å². The molecule has 0 aliphatic carbocycles. The molecule has 2 saturated heterocycles. The highest BCUT2D eigenvalue weighted by atomic mass is 79.9. The van der Waals surface area contributed by atoms with E-state index in [1.165, 1.54) is 0 Å². The third-order valence-electron chi connectivity index (χ3n) is 11.2. The summed E-state index contributed by atoms with van der Waals surface area (Å²) in [5, 5.41) is 61.5. The Labute approximate surface area is 332 Å². The van der Waals surface area contributed by atoms with Crippen LogP contribution in [-0.4, -0.2) is 104 Å². The van der Waals surface area contributed by atoms with E-state index < -0.39 is 68.2 Å². The molecule has 3 aliphatic heterocycles. The van der Waals surface area contributed by atoms with Crippen molar-refractivity contribution in [3.63, 3.8) is 0 Å². The van der Waals surface area contributed by atoms with Gasteiger partial charge in [-0.05, 0) is 61.0 Å². The molecule has 0 saturated carbocycles. The van der Waals surface area contributed by atoms with Gasteiger partial charge >= 0.3 is 0 Å². The van der Waals surface area contributed by atoms with Crippen molar-refractivity contribution in [3.05, 3.63) is 106 Å². The second-order valence-corrected chi connectivity index (χ2v) is 20.0. The summed E-state index contributed by atoms with van der Waals surface area (Å²) in [5.74, 6) is -2.09. The van der Waals surface area contributed by atoms with Gasteiger partial charge in [0.2, 0.25) is 8.41 Å². The van der Waals surface area contributed by atoms with Gasteiger partial charge in [0.1, 0.15) is 18.3 Å². The van der Waals surface area contributed by atoms with E-state index in [1.54, 1.807) is 53.1 Å². The smallest absolute Gasteiger partial charge is 0.264 e. The Morgan fingerprint density at radius 1 is 1.04 bits per heavy atom. The Morgan fingerprint density at radius 3 is 2.50 bits per heavy atom. The number of nitrogens with one attached hydrogen (secondary N) is 1.